The molecule has 1 aromatic carbocycles. The number of carboxylic acids is 1. The first kappa shape index (κ1) is 13.9. The maximum atomic E-state index is 11.9. The maximum absolute atomic E-state index is 11.9. The Kier molecular flexibility index (Phi) is 4.85. The Hall–Kier alpha value is -1.49. The molecule has 1 aliphatic rings. The average molecular weight is 279 g/mol. The molecule has 1 aromatic rings. The Labute approximate surface area is 116 Å². The highest BCUT2D eigenvalue weighted by Crippen LogP contribution is 2.27. The molecule has 0 aliphatic carbocycles. The van der Waals surface area contributed by atoms with Crippen LogP contribution in [0, 0.1) is 0 Å². The predicted molar refractivity (Wildman–Crippen MR) is 76.5 cm³/mol. The van der Waals surface area contributed by atoms with E-state index >= 15 is 0 Å². The molecule has 1 atom stereocenters. The summed E-state index contributed by atoms with van der Waals surface area (Å²) >= 11 is 1.71. The SMILES string of the molecule is O=C(O)CCc1ccc(NC(=O)C2CCCS2)cc1. The second kappa shape index (κ2) is 6.61. The zero-order valence-corrected chi connectivity index (χ0v) is 11.4. The molecule has 0 bridgehead atoms. The van der Waals surface area contributed by atoms with Crippen molar-refractivity contribution in [3.63, 3.8) is 0 Å². The molecule has 2 rings (SSSR count). The molecule has 1 aliphatic heterocycles. The number of carbonyl (C=O) groups excluding carboxylic acids is 1. The van der Waals surface area contributed by atoms with E-state index in [-0.39, 0.29) is 17.6 Å². The van der Waals surface area contributed by atoms with Crippen LogP contribution in [0.4, 0.5) is 5.69 Å². The van der Waals surface area contributed by atoms with Crippen LogP contribution >= 0.6 is 11.8 Å². The van der Waals surface area contributed by atoms with Gasteiger partial charge < -0.3 is 10.4 Å². The lowest BCUT2D eigenvalue weighted by Crippen LogP contribution is -2.22. The van der Waals surface area contributed by atoms with E-state index in [0.29, 0.717) is 6.42 Å². The van der Waals surface area contributed by atoms with Gasteiger partial charge in [0.15, 0.2) is 0 Å². The van der Waals surface area contributed by atoms with E-state index in [4.69, 9.17) is 5.11 Å². The van der Waals surface area contributed by atoms with Gasteiger partial charge in [0.1, 0.15) is 0 Å². The third kappa shape index (κ3) is 4.28. The second-order valence-electron chi connectivity index (χ2n) is 4.58. The van der Waals surface area contributed by atoms with Crippen molar-refractivity contribution >= 4 is 29.3 Å². The number of benzene rings is 1. The minimum Gasteiger partial charge on any atom is -0.481 e. The molecule has 4 nitrogen and oxygen atoms in total. The third-order valence-corrected chi connectivity index (χ3v) is 4.45. The van der Waals surface area contributed by atoms with Gasteiger partial charge >= 0.3 is 5.97 Å². The van der Waals surface area contributed by atoms with Crippen LogP contribution in [0.1, 0.15) is 24.8 Å². The molecule has 0 radical (unpaired) electrons. The van der Waals surface area contributed by atoms with Crippen molar-refractivity contribution in [2.45, 2.75) is 30.9 Å². The molecule has 2 N–H and O–H groups in total. The van der Waals surface area contributed by atoms with Crippen molar-refractivity contribution < 1.29 is 14.7 Å². The summed E-state index contributed by atoms with van der Waals surface area (Å²) in [6.07, 6.45) is 2.70. The number of hydrogen-bond acceptors (Lipinski definition) is 3. The smallest absolute Gasteiger partial charge is 0.303 e. The number of carboxylic acid groups (broad SMARTS) is 1. The summed E-state index contributed by atoms with van der Waals surface area (Å²) in [5.41, 5.74) is 1.74. The Morgan fingerprint density at radius 3 is 2.63 bits per heavy atom. The summed E-state index contributed by atoms with van der Waals surface area (Å²) in [6, 6.07) is 7.38. The fourth-order valence-electron chi connectivity index (χ4n) is 2.01. The van der Waals surface area contributed by atoms with Crippen LogP contribution in [0.15, 0.2) is 24.3 Å². The van der Waals surface area contributed by atoms with E-state index in [9.17, 15) is 9.59 Å². The number of hydrogen-bond donors (Lipinski definition) is 2. The summed E-state index contributed by atoms with van der Waals surface area (Å²) in [7, 11) is 0. The van der Waals surface area contributed by atoms with Gasteiger partial charge in [0.2, 0.25) is 5.91 Å². The number of carbonyl (C=O) groups is 2. The average Bonchev–Trinajstić information content (AvgIpc) is 2.92. The van der Waals surface area contributed by atoms with Crippen molar-refractivity contribution in [1.82, 2.24) is 0 Å². The van der Waals surface area contributed by atoms with Gasteiger partial charge in [-0.05, 0) is 42.7 Å². The van der Waals surface area contributed by atoms with Gasteiger partial charge in [0.25, 0.3) is 0 Å². The van der Waals surface area contributed by atoms with Crippen LogP contribution in [0.5, 0.6) is 0 Å². The van der Waals surface area contributed by atoms with Crippen LogP contribution in [0.2, 0.25) is 0 Å². The number of aryl methyl sites for hydroxylation is 1. The molecule has 0 saturated carbocycles. The molecule has 102 valence electrons. The summed E-state index contributed by atoms with van der Waals surface area (Å²) in [4.78, 5) is 22.4. The van der Waals surface area contributed by atoms with Crippen LogP contribution in [0.25, 0.3) is 0 Å². The Morgan fingerprint density at radius 1 is 1.32 bits per heavy atom. The number of thioether (sulfide) groups is 1. The van der Waals surface area contributed by atoms with E-state index in [1.807, 2.05) is 24.3 Å². The first-order chi connectivity index (χ1) is 9.15. The molecule has 19 heavy (non-hydrogen) atoms. The summed E-state index contributed by atoms with van der Waals surface area (Å²) in [6.45, 7) is 0. The molecule has 0 aromatic heterocycles. The van der Waals surface area contributed by atoms with Crippen molar-refractivity contribution in [2.75, 3.05) is 11.1 Å². The van der Waals surface area contributed by atoms with Gasteiger partial charge in [0, 0.05) is 12.1 Å². The quantitative estimate of drug-likeness (QED) is 0.869. The van der Waals surface area contributed by atoms with Crippen molar-refractivity contribution in [3.05, 3.63) is 29.8 Å². The molecular formula is C14H17NO3S. The van der Waals surface area contributed by atoms with E-state index in [0.717, 1.165) is 29.8 Å². The minimum atomic E-state index is -0.796. The van der Waals surface area contributed by atoms with Crippen LogP contribution < -0.4 is 5.32 Å². The third-order valence-electron chi connectivity index (χ3n) is 3.07. The number of aliphatic carboxylic acids is 1. The van der Waals surface area contributed by atoms with E-state index in [2.05, 4.69) is 5.32 Å². The first-order valence-corrected chi connectivity index (χ1v) is 7.43. The normalized spacial score (nSPS) is 18.2. The zero-order chi connectivity index (χ0) is 13.7. The summed E-state index contributed by atoms with van der Waals surface area (Å²) < 4.78 is 0. The van der Waals surface area contributed by atoms with Crippen LogP contribution in [-0.4, -0.2) is 28.0 Å². The first-order valence-electron chi connectivity index (χ1n) is 6.38. The topological polar surface area (TPSA) is 66.4 Å². The fraction of sp³-hybridized carbons (Fsp3) is 0.429. The van der Waals surface area contributed by atoms with Crippen LogP contribution in [-0.2, 0) is 16.0 Å². The highest BCUT2D eigenvalue weighted by Gasteiger charge is 2.23. The maximum Gasteiger partial charge on any atom is 0.303 e. The monoisotopic (exact) mass is 279 g/mol. The fourth-order valence-corrected chi connectivity index (χ4v) is 3.17. The minimum absolute atomic E-state index is 0.0702. The highest BCUT2D eigenvalue weighted by atomic mass is 32.2. The van der Waals surface area contributed by atoms with Gasteiger partial charge in [0.05, 0.1) is 5.25 Å². The highest BCUT2D eigenvalue weighted by molar-refractivity contribution is 8.00. The van der Waals surface area contributed by atoms with E-state index in [1.165, 1.54) is 0 Å². The number of amides is 1. The Balaban J connectivity index is 1.87. The number of nitrogens with one attached hydrogen (secondary N) is 1. The Morgan fingerprint density at radius 2 is 2.05 bits per heavy atom. The largest absolute Gasteiger partial charge is 0.481 e. The molecule has 5 heteroatoms. The summed E-state index contributed by atoms with van der Waals surface area (Å²) in [5.74, 6) is 0.336. The molecule has 1 saturated heterocycles. The summed E-state index contributed by atoms with van der Waals surface area (Å²) in [5, 5.41) is 11.6. The lowest BCUT2D eigenvalue weighted by Gasteiger charge is -2.10. The van der Waals surface area contributed by atoms with Crippen molar-refractivity contribution in [2.24, 2.45) is 0 Å². The van der Waals surface area contributed by atoms with Crippen molar-refractivity contribution in [3.8, 4) is 0 Å². The molecule has 0 spiro atoms. The van der Waals surface area contributed by atoms with Gasteiger partial charge in [-0.2, -0.15) is 0 Å². The lowest BCUT2D eigenvalue weighted by atomic mass is 10.1. The number of anilines is 1. The van der Waals surface area contributed by atoms with E-state index in [1.54, 1.807) is 11.8 Å². The second-order valence-corrected chi connectivity index (χ2v) is 5.89. The van der Waals surface area contributed by atoms with Gasteiger partial charge in [-0.1, -0.05) is 12.1 Å². The predicted octanol–water partition coefficient (Wildman–Crippen LogP) is 2.54. The molecular weight excluding hydrogens is 262 g/mol. The van der Waals surface area contributed by atoms with Gasteiger partial charge in [-0.15, -0.1) is 11.8 Å². The molecule has 1 heterocycles. The van der Waals surface area contributed by atoms with Crippen molar-refractivity contribution in [1.29, 1.82) is 0 Å². The standard InChI is InChI=1S/C14H17NO3S/c16-13(17)8-5-10-3-6-11(7-4-10)15-14(18)12-2-1-9-19-12/h3-4,6-7,12H,1-2,5,8-9H2,(H,15,18)(H,16,17). The molecule has 1 amide bonds. The molecule has 1 unspecified atom stereocenters. The zero-order valence-electron chi connectivity index (χ0n) is 10.6. The lowest BCUT2D eigenvalue weighted by molar-refractivity contribution is -0.137. The van der Waals surface area contributed by atoms with Crippen LogP contribution in [0.3, 0.4) is 0 Å². The molecule has 1 fully saturated rings. The van der Waals surface area contributed by atoms with Gasteiger partial charge in [-0.25, -0.2) is 0 Å². The Bertz CT molecular complexity index is 452. The number of rotatable bonds is 5. The van der Waals surface area contributed by atoms with E-state index < -0.39 is 5.97 Å². The van der Waals surface area contributed by atoms with Gasteiger partial charge in [-0.3, -0.25) is 9.59 Å².